The number of aromatic nitrogens is 4. The number of rotatable bonds is 10. The molecule has 4 aromatic rings. The van der Waals surface area contributed by atoms with Crippen molar-refractivity contribution in [2.75, 3.05) is 57.2 Å². The van der Waals surface area contributed by atoms with Crippen LogP contribution in [0.3, 0.4) is 0 Å². The van der Waals surface area contributed by atoms with Gasteiger partial charge in [-0.3, -0.25) is 4.79 Å². The van der Waals surface area contributed by atoms with Crippen LogP contribution in [0.5, 0.6) is 11.5 Å². The average Bonchev–Trinajstić information content (AvgIpc) is 3.23. The standard InChI is InChI=1S/C28H33N7O3S/c1-4-15-38-22-7-5-6-21(18-22)35-26-23(27(36)34(35)14-16-39)19-29-28(31-26)30-20-8-9-24(25(17-20)37-3)33-12-10-32(2)11-13-33/h5-9,16-19H,4,10-15H2,1-3H3,(H,29,30,31). The summed E-state index contributed by atoms with van der Waals surface area (Å²) >= 11 is 5.10. The van der Waals surface area contributed by atoms with Gasteiger partial charge in [-0.05, 0) is 37.7 Å². The number of anilines is 3. The number of fused-ring (bicyclic) bond motifs is 1. The second-order valence-electron chi connectivity index (χ2n) is 9.44. The molecule has 0 amide bonds. The van der Waals surface area contributed by atoms with Crippen molar-refractivity contribution in [3.63, 3.8) is 0 Å². The summed E-state index contributed by atoms with van der Waals surface area (Å²) in [6.45, 7) is 6.82. The first-order valence-electron chi connectivity index (χ1n) is 13.1. The van der Waals surface area contributed by atoms with Gasteiger partial charge in [0.2, 0.25) is 5.95 Å². The van der Waals surface area contributed by atoms with E-state index < -0.39 is 0 Å². The van der Waals surface area contributed by atoms with Crippen molar-refractivity contribution in [2.24, 2.45) is 0 Å². The van der Waals surface area contributed by atoms with E-state index in [1.54, 1.807) is 22.7 Å². The Hall–Kier alpha value is -3.96. The first kappa shape index (κ1) is 26.6. The van der Waals surface area contributed by atoms with Crippen LogP contribution in [0.1, 0.15) is 13.3 Å². The molecule has 0 atom stereocenters. The average molecular weight is 548 g/mol. The molecule has 1 saturated heterocycles. The lowest BCUT2D eigenvalue weighted by Crippen LogP contribution is -2.44. The Bertz CT molecular complexity index is 1530. The van der Waals surface area contributed by atoms with Gasteiger partial charge >= 0.3 is 0 Å². The van der Waals surface area contributed by atoms with Crippen LogP contribution < -0.4 is 25.2 Å². The zero-order valence-corrected chi connectivity index (χ0v) is 23.3. The van der Waals surface area contributed by atoms with Gasteiger partial charge < -0.3 is 24.6 Å². The molecule has 0 aliphatic carbocycles. The number of hydrogen-bond acceptors (Lipinski definition) is 9. The molecule has 0 saturated carbocycles. The summed E-state index contributed by atoms with van der Waals surface area (Å²) in [7, 11) is 3.82. The van der Waals surface area contributed by atoms with Crippen molar-refractivity contribution >= 4 is 45.9 Å². The Morgan fingerprint density at radius 2 is 1.95 bits per heavy atom. The van der Waals surface area contributed by atoms with Crippen molar-refractivity contribution in [3.8, 4) is 17.2 Å². The van der Waals surface area contributed by atoms with Crippen LogP contribution in [0.2, 0.25) is 0 Å². The molecule has 0 unspecified atom stereocenters. The van der Waals surface area contributed by atoms with Crippen LogP contribution >= 0.6 is 12.2 Å². The van der Waals surface area contributed by atoms with Crippen LogP contribution in [0, 0.1) is 0 Å². The van der Waals surface area contributed by atoms with Crippen molar-refractivity contribution in [2.45, 2.75) is 19.9 Å². The van der Waals surface area contributed by atoms with Crippen LogP contribution in [0.15, 0.2) is 53.5 Å². The van der Waals surface area contributed by atoms with Crippen LogP contribution in [0.25, 0.3) is 16.7 Å². The summed E-state index contributed by atoms with van der Waals surface area (Å²) in [4.78, 5) is 27.1. The third-order valence-corrected chi connectivity index (χ3v) is 6.89. The van der Waals surface area contributed by atoms with Gasteiger partial charge in [-0.2, -0.15) is 4.98 Å². The molecule has 0 spiro atoms. The Balaban J connectivity index is 1.50. The maximum absolute atomic E-state index is 13.3. The Kier molecular flexibility index (Phi) is 8.08. The van der Waals surface area contributed by atoms with Gasteiger partial charge in [-0.1, -0.05) is 25.2 Å². The van der Waals surface area contributed by atoms with E-state index in [0.29, 0.717) is 23.6 Å². The minimum atomic E-state index is -0.212. The van der Waals surface area contributed by atoms with Gasteiger partial charge in [-0.25, -0.2) is 14.3 Å². The predicted octanol–water partition coefficient (Wildman–Crippen LogP) is 3.87. The molecular formula is C28H33N7O3S. The molecule has 1 aliphatic heterocycles. The summed E-state index contributed by atoms with van der Waals surface area (Å²) in [6.07, 6.45) is 2.45. The van der Waals surface area contributed by atoms with Gasteiger partial charge in [0.25, 0.3) is 5.56 Å². The molecule has 0 radical (unpaired) electrons. The van der Waals surface area contributed by atoms with Gasteiger partial charge in [0.15, 0.2) is 5.65 Å². The van der Waals surface area contributed by atoms with E-state index in [1.807, 2.05) is 36.4 Å². The number of nitrogens with zero attached hydrogens (tertiary/aromatic N) is 6. The Morgan fingerprint density at radius 1 is 1.13 bits per heavy atom. The molecule has 2 aromatic heterocycles. The summed E-state index contributed by atoms with van der Waals surface area (Å²) in [5, 5.41) is 5.21. The monoisotopic (exact) mass is 547 g/mol. The predicted molar refractivity (Wildman–Crippen MR) is 159 cm³/mol. The quantitative estimate of drug-likeness (QED) is 0.297. The van der Waals surface area contributed by atoms with E-state index in [1.165, 1.54) is 5.37 Å². The zero-order chi connectivity index (χ0) is 27.4. The highest BCUT2D eigenvalue weighted by Gasteiger charge is 2.20. The Labute approximate surface area is 232 Å². The molecule has 2 aromatic carbocycles. The summed E-state index contributed by atoms with van der Waals surface area (Å²) in [5.41, 5.74) is 2.85. The van der Waals surface area contributed by atoms with Gasteiger partial charge in [-0.15, -0.1) is 0 Å². The maximum atomic E-state index is 13.3. The normalized spacial score (nSPS) is 14.0. The van der Waals surface area contributed by atoms with E-state index in [-0.39, 0.29) is 12.1 Å². The summed E-state index contributed by atoms with van der Waals surface area (Å²) < 4.78 is 14.9. The second-order valence-corrected chi connectivity index (χ2v) is 9.78. The van der Waals surface area contributed by atoms with Crippen molar-refractivity contribution < 1.29 is 9.47 Å². The molecule has 11 heteroatoms. The zero-order valence-electron chi connectivity index (χ0n) is 22.5. The first-order chi connectivity index (χ1) is 19.0. The molecule has 3 heterocycles. The molecule has 1 aliphatic rings. The molecule has 5 rings (SSSR count). The lowest BCUT2D eigenvalue weighted by molar-refractivity contribution is 0.311. The number of thiocarbonyl (C=S) groups is 1. The molecular weight excluding hydrogens is 514 g/mol. The van der Waals surface area contributed by atoms with E-state index in [2.05, 4.69) is 40.1 Å². The number of methoxy groups -OCH3 is 1. The maximum Gasteiger partial charge on any atom is 0.278 e. The van der Waals surface area contributed by atoms with E-state index >= 15 is 0 Å². The van der Waals surface area contributed by atoms with Gasteiger partial charge in [0.1, 0.15) is 16.9 Å². The number of ether oxygens (including phenoxy) is 2. The lowest BCUT2D eigenvalue weighted by Gasteiger charge is -2.34. The van der Waals surface area contributed by atoms with Crippen molar-refractivity contribution in [1.82, 2.24) is 24.2 Å². The number of piperazine rings is 1. The fourth-order valence-corrected chi connectivity index (χ4v) is 4.85. The topological polar surface area (TPSA) is 89.7 Å². The lowest BCUT2D eigenvalue weighted by atomic mass is 10.2. The first-order valence-corrected chi connectivity index (χ1v) is 13.5. The highest BCUT2D eigenvalue weighted by molar-refractivity contribution is 7.78. The highest BCUT2D eigenvalue weighted by atomic mass is 32.1. The minimum Gasteiger partial charge on any atom is -0.495 e. The molecule has 10 nitrogen and oxygen atoms in total. The Morgan fingerprint density at radius 3 is 2.69 bits per heavy atom. The van der Waals surface area contributed by atoms with E-state index in [0.717, 1.165) is 61.2 Å². The third-order valence-electron chi connectivity index (χ3n) is 6.74. The molecule has 1 fully saturated rings. The second kappa shape index (κ2) is 11.8. The van der Waals surface area contributed by atoms with Crippen molar-refractivity contribution in [3.05, 3.63) is 59.0 Å². The number of hydrogen-bond donors (Lipinski definition) is 1. The van der Waals surface area contributed by atoms with E-state index in [9.17, 15) is 4.79 Å². The molecule has 39 heavy (non-hydrogen) atoms. The number of nitrogens with one attached hydrogen (secondary N) is 1. The third kappa shape index (κ3) is 5.59. The van der Waals surface area contributed by atoms with Gasteiger partial charge in [0.05, 0.1) is 31.6 Å². The SMILES string of the molecule is CCCOc1cccc(-n2c3nc(Nc4ccc(N5CCN(C)CC5)c(OC)c4)ncc3c(=O)n2CC=S)c1. The highest BCUT2D eigenvalue weighted by Crippen LogP contribution is 2.33. The minimum absolute atomic E-state index is 0.212. The molecule has 0 bridgehead atoms. The molecule has 1 N–H and O–H groups in total. The van der Waals surface area contributed by atoms with Crippen LogP contribution in [-0.2, 0) is 6.54 Å². The number of likely N-dealkylation sites (N-methyl/N-ethyl adjacent to an activating group) is 1. The van der Waals surface area contributed by atoms with E-state index in [4.69, 9.17) is 26.7 Å². The fraction of sp³-hybridized carbons (Fsp3) is 0.357. The van der Waals surface area contributed by atoms with Crippen LogP contribution in [0.4, 0.5) is 17.3 Å². The largest absolute Gasteiger partial charge is 0.495 e. The molecule has 204 valence electrons. The van der Waals surface area contributed by atoms with Crippen LogP contribution in [-0.4, -0.2) is 76.5 Å². The number of benzene rings is 2. The fourth-order valence-electron chi connectivity index (χ4n) is 4.70. The van der Waals surface area contributed by atoms with Gasteiger partial charge in [0, 0.05) is 55.6 Å². The summed E-state index contributed by atoms with van der Waals surface area (Å²) in [6, 6.07) is 13.6. The summed E-state index contributed by atoms with van der Waals surface area (Å²) in [5.74, 6) is 1.86. The smallest absolute Gasteiger partial charge is 0.278 e. The van der Waals surface area contributed by atoms with Crippen molar-refractivity contribution in [1.29, 1.82) is 0 Å².